The van der Waals surface area contributed by atoms with Crippen LogP contribution in [-0.2, 0) is 0 Å². The highest BCUT2D eigenvalue weighted by molar-refractivity contribution is 5.96. The summed E-state index contributed by atoms with van der Waals surface area (Å²) in [5.74, 6) is 2.49. The molecule has 1 N–H and O–H groups in total. The molecule has 2 aromatic carbocycles. The van der Waals surface area contributed by atoms with Crippen molar-refractivity contribution in [2.45, 2.75) is 13.3 Å². The fraction of sp³-hybridized carbons (Fsp3) is 0.250. The van der Waals surface area contributed by atoms with Gasteiger partial charge in [0.05, 0.1) is 18.9 Å². The van der Waals surface area contributed by atoms with Gasteiger partial charge in [-0.05, 0) is 36.6 Å². The summed E-state index contributed by atoms with van der Waals surface area (Å²) in [6.45, 7) is 4.29. The van der Waals surface area contributed by atoms with E-state index >= 15 is 0 Å². The third kappa shape index (κ3) is 2.75. The van der Waals surface area contributed by atoms with Gasteiger partial charge in [0.1, 0.15) is 5.82 Å². The lowest BCUT2D eigenvalue weighted by atomic mass is 10.0. The Hall–Kier alpha value is -2.75. The second-order valence-corrected chi connectivity index (χ2v) is 5.82. The molecular formula is C20H20N2O2. The molecule has 2 heterocycles. The van der Waals surface area contributed by atoms with E-state index in [9.17, 15) is 0 Å². The lowest BCUT2D eigenvalue weighted by Crippen LogP contribution is -2.00. The van der Waals surface area contributed by atoms with Crippen molar-refractivity contribution < 1.29 is 9.47 Å². The van der Waals surface area contributed by atoms with Gasteiger partial charge in [-0.15, -0.1) is 0 Å². The molecule has 4 nitrogen and oxygen atoms in total. The van der Waals surface area contributed by atoms with Crippen molar-refractivity contribution in [2.24, 2.45) is 0 Å². The van der Waals surface area contributed by atoms with Gasteiger partial charge >= 0.3 is 0 Å². The number of anilines is 1. The first-order valence-electron chi connectivity index (χ1n) is 8.39. The van der Waals surface area contributed by atoms with Crippen molar-refractivity contribution in [1.29, 1.82) is 0 Å². The van der Waals surface area contributed by atoms with Crippen molar-refractivity contribution >= 4 is 16.6 Å². The fourth-order valence-corrected chi connectivity index (χ4v) is 3.00. The topological polar surface area (TPSA) is 43.4 Å². The first kappa shape index (κ1) is 14.8. The first-order valence-corrected chi connectivity index (χ1v) is 8.39. The van der Waals surface area contributed by atoms with Crippen LogP contribution in [-0.4, -0.2) is 24.7 Å². The molecule has 0 bridgehead atoms. The molecule has 0 spiro atoms. The molecule has 1 aliphatic heterocycles. The Labute approximate surface area is 141 Å². The largest absolute Gasteiger partial charge is 0.490 e. The molecule has 0 saturated heterocycles. The number of nitrogens with zero attached hydrogens (tertiary/aromatic N) is 1. The van der Waals surface area contributed by atoms with E-state index in [-0.39, 0.29) is 0 Å². The Kier molecular flexibility index (Phi) is 3.95. The molecule has 0 atom stereocenters. The van der Waals surface area contributed by atoms with Gasteiger partial charge in [0, 0.05) is 23.9 Å². The van der Waals surface area contributed by atoms with E-state index in [1.165, 1.54) is 5.39 Å². The number of nitrogens with one attached hydrogen (secondary N) is 1. The highest BCUT2D eigenvalue weighted by atomic mass is 16.5. The molecule has 0 unspecified atom stereocenters. The molecule has 1 aliphatic rings. The lowest BCUT2D eigenvalue weighted by molar-refractivity contribution is 0.297. The van der Waals surface area contributed by atoms with Gasteiger partial charge in [-0.2, -0.15) is 0 Å². The van der Waals surface area contributed by atoms with Gasteiger partial charge in [0.15, 0.2) is 11.5 Å². The van der Waals surface area contributed by atoms with Crippen LogP contribution in [0.3, 0.4) is 0 Å². The summed E-state index contributed by atoms with van der Waals surface area (Å²) in [6, 6.07) is 16.5. The van der Waals surface area contributed by atoms with Crippen LogP contribution >= 0.6 is 0 Å². The molecule has 1 aromatic heterocycles. The number of aromatic nitrogens is 1. The minimum atomic E-state index is 0.683. The highest BCUT2D eigenvalue weighted by Gasteiger charge is 2.14. The van der Waals surface area contributed by atoms with Crippen LogP contribution in [0.4, 0.5) is 5.82 Å². The first-order chi connectivity index (χ1) is 11.8. The summed E-state index contributed by atoms with van der Waals surface area (Å²) < 4.78 is 11.6. The number of ether oxygens (including phenoxy) is 2. The zero-order chi connectivity index (χ0) is 16.4. The predicted octanol–water partition coefficient (Wildman–Crippen LogP) is 4.49. The molecule has 0 saturated carbocycles. The average molecular weight is 320 g/mol. The summed E-state index contributed by atoms with van der Waals surface area (Å²) >= 11 is 0. The van der Waals surface area contributed by atoms with Crippen LogP contribution in [0.1, 0.15) is 13.3 Å². The summed E-state index contributed by atoms with van der Waals surface area (Å²) in [6.07, 6.45) is 0.904. The Bertz CT molecular complexity index is 877. The number of rotatable bonds is 3. The van der Waals surface area contributed by atoms with Crippen molar-refractivity contribution in [2.75, 3.05) is 25.1 Å². The molecule has 0 fully saturated rings. The molecule has 24 heavy (non-hydrogen) atoms. The van der Waals surface area contributed by atoms with E-state index in [1.807, 2.05) is 18.2 Å². The zero-order valence-electron chi connectivity index (χ0n) is 13.7. The maximum Gasteiger partial charge on any atom is 0.161 e. The zero-order valence-corrected chi connectivity index (χ0v) is 13.7. The molecule has 3 aromatic rings. The second kappa shape index (κ2) is 6.40. The minimum Gasteiger partial charge on any atom is -0.490 e. The van der Waals surface area contributed by atoms with Crippen LogP contribution in [0, 0.1) is 0 Å². The van der Waals surface area contributed by atoms with Crippen molar-refractivity contribution in [1.82, 2.24) is 4.98 Å². The van der Waals surface area contributed by atoms with E-state index in [4.69, 9.17) is 14.5 Å². The van der Waals surface area contributed by atoms with Gasteiger partial charge < -0.3 is 14.8 Å². The summed E-state index contributed by atoms with van der Waals surface area (Å²) in [5, 5.41) is 5.62. The van der Waals surface area contributed by atoms with E-state index in [1.54, 1.807) is 0 Å². The van der Waals surface area contributed by atoms with Gasteiger partial charge in [-0.25, -0.2) is 4.98 Å². The van der Waals surface area contributed by atoms with Gasteiger partial charge in [0.2, 0.25) is 0 Å². The smallest absolute Gasteiger partial charge is 0.161 e. The quantitative estimate of drug-likeness (QED) is 0.772. The fourth-order valence-electron chi connectivity index (χ4n) is 3.00. The maximum atomic E-state index is 5.83. The molecule has 0 aliphatic carbocycles. The van der Waals surface area contributed by atoms with Gasteiger partial charge in [-0.1, -0.05) is 24.3 Å². The molecule has 4 heteroatoms. The average Bonchev–Trinajstić information content (AvgIpc) is 2.86. The summed E-state index contributed by atoms with van der Waals surface area (Å²) in [7, 11) is 0. The number of hydrogen-bond acceptors (Lipinski definition) is 4. The van der Waals surface area contributed by atoms with E-state index in [0.717, 1.165) is 46.9 Å². The van der Waals surface area contributed by atoms with Crippen molar-refractivity contribution in [3.05, 3.63) is 48.5 Å². The Morgan fingerprint density at radius 1 is 1.00 bits per heavy atom. The van der Waals surface area contributed by atoms with Crippen LogP contribution in [0.25, 0.3) is 22.0 Å². The van der Waals surface area contributed by atoms with E-state index in [2.05, 4.69) is 42.6 Å². The van der Waals surface area contributed by atoms with E-state index < -0.39 is 0 Å². The maximum absolute atomic E-state index is 5.83. The van der Waals surface area contributed by atoms with Crippen LogP contribution < -0.4 is 14.8 Å². The normalized spacial score (nSPS) is 13.5. The third-order valence-electron chi connectivity index (χ3n) is 4.12. The lowest BCUT2D eigenvalue weighted by Gasteiger charge is -2.13. The summed E-state index contributed by atoms with van der Waals surface area (Å²) in [5.41, 5.74) is 2.00. The van der Waals surface area contributed by atoms with Gasteiger partial charge in [-0.3, -0.25) is 0 Å². The monoisotopic (exact) mass is 320 g/mol. The SMILES string of the molecule is CCNc1cc2ccccc2c(-c2ccc3c(c2)OCCCO3)n1. The van der Waals surface area contributed by atoms with Crippen LogP contribution in [0.15, 0.2) is 48.5 Å². The van der Waals surface area contributed by atoms with Crippen LogP contribution in [0.5, 0.6) is 11.5 Å². The second-order valence-electron chi connectivity index (χ2n) is 5.82. The van der Waals surface area contributed by atoms with Gasteiger partial charge in [0.25, 0.3) is 0 Å². The number of fused-ring (bicyclic) bond motifs is 2. The number of benzene rings is 2. The highest BCUT2D eigenvalue weighted by Crippen LogP contribution is 2.36. The molecule has 4 rings (SSSR count). The third-order valence-corrected chi connectivity index (χ3v) is 4.12. The number of pyridine rings is 1. The van der Waals surface area contributed by atoms with E-state index in [0.29, 0.717) is 13.2 Å². The van der Waals surface area contributed by atoms with Crippen LogP contribution in [0.2, 0.25) is 0 Å². The molecular weight excluding hydrogens is 300 g/mol. The minimum absolute atomic E-state index is 0.683. The Balaban J connectivity index is 1.87. The van der Waals surface area contributed by atoms with Crippen molar-refractivity contribution in [3.8, 4) is 22.8 Å². The summed E-state index contributed by atoms with van der Waals surface area (Å²) in [4.78, 5) is 4.83. The Morgan fingerprint density at radius 3 is 2.71 bits per heavy atom. The number of hydrogen-bond donors (Lipinski definition) is 1. The predicted molar refractivity (Wildman–Crippen MR) is 96.9 cm³/mol. The Morgan fingerprint density at radius 2 is 1.83 bits per heavy atom. The molecule has 0 amide bonds. The molecule has 122 valence electrons. The van der Waals surface area contributed by atoms with Crippen molar-refractivity contribution in [3.63, 3.8) is 0 Å². The molecule has 0 radical (unpaired) electrons. The standard InChI is InChI=1S/C20H20N2O2/c1-2-21-19-13-14-6-3-4-7-16(14)20(22-19)15-8-9-17-18(12-15)24-11-5-10-23-17/h3-4,6-9,12-13H,2,5,10-11H2,1H3,(H,21,22).